The number of piperidine rings is 1. The average Bonchev–Trinajstić information content (AvgIpc) is 2.67. The first kappa shape index (κ1) is 16.0. The minimum Gasteiger partial charge on any atom is -0.357 e. The summed E-state index contributed by atoms with van der Waals surface area (Å²) in [5, 5.41) is 11.8. The van der Waals surface area contributed by atoms with Gasteiger partial charge in [-0.3, -0.25) is 4.79 Å². The molecule has 0 saturated carbocycles. The Bertz CT molecular complexity index is 713. The van der Waals surface area contributed by atoms with Gasteiger partial charge < -0.3 is 10.2 Å². The summed E-state index contributed by atoms with van der Waals surface area (Å²) in [7, 11) is 0. The Morgan fingerprint density at radius 3 is 2.58 bits per heavy atom. The number of benzene rings is 1. The van der Waals surface area contributed by atoms with E-state index in [9.17, 15) is 4.79 Å². The van der Waals surface area contributed by atoms with Crippen LogP contribution in [0.5, 0.6) is 0 Å². The molecular weight excluding hydrogens is 300 g/mol. The van der Waals surface area contributed by atoms with Gasteiger partial charge in [-0.05, 0) is 55.2 Å². The predicted molar refractivity (Wildman–Crippen MR) is 92.7 cm³/mol. The monoisotopic (exact) mass is 320 g/mol. The Balaban J connectivity index is 1.46. The molecule has 2 heterocycles. The molecule has 0 spiro atoms. The third kappa shape index (κ3) is 3.90. The summed E-state index contributed by atoms with van der Waals surface area (Å²) in [6, 6.07) is 14.7. The number of nitrogens with one attached hydrogen (secondary N) is 1. The lowest BCUT2D eigenvalue weighted by Crippen LogP contribution is -2.39. The van der Waals surface area contributed by atoms with Gasteiger partial charge in [-0.15, -0.1) is 0 Å². The maximum atomic E-state index is 12.2. The lowest BCUT2D eigenvalue weighted by molar-refractivity contribution is 0.0945. The van der Waals surface area contributed by atoms with Gasteiger partial charge in [0.2, 0.25) is 0 Å². The Labute approximate surface area is 141 Å². The molecule has 3 rings (SSSR count). The molecule has 1 aromatic carbocycles. The van der Waals surface area contributed by atoms with Crippen LogP contribution < -0.4 is 10.2 Å². The van der Waals surface area contributed by atoms with E-state index in [0.29, 0.717) is 23.6 Å². The highest BCUT2D eigenvalue weighted by molar-refractivity contribution is 5.94. The second-order valence-electron chi connectivity index (χ2n) is 6.02. The molecule has 1 aliphatic heterocycles. The number of nitriles is 1. The average molecular weight is 320 g/mol. The van der Waals surface area contributed by atoms with E-state index in [2.05, 4.69) is 21.3 Å². The van der Waals surface area contributed by atoms with Crippen molar-refractivity contribution in [2.45, 2.75) is 12.8 Å². The summed E-state index contributed by atoms with van der Waals surface area (Å²) < 4.78 is 0. The van der Waals surface area contributed by atoms with E-state index >= 15 is 0 Å². The van der Waals surface area contributed by atoms with Crippen molar-refractivity contribution in [3.8, 4) is 6.07 Å². The second-order valence-corrected chi connectivity index (χ2v) is 6.02. The second kappa shape index (κ2) is 7.60. The number of amides is 1. The van der Waals surface area contributed by atoms with Gasteiger partial charge in [0.05, 0.1) is 11.6 Å². The summed E-state index contributed by atoms with van der Waals surface area (Å²) in [5.41, 5.74) is 1.16. The smallest absolute Gasteiger partial charge is 0.251 e. The first-order valence-corrected chi connectivity index (χ1v) is 8.20. The van der Waals surface area contributed by atoms with Crippen molar-refractivity contribution in [2.75, 3.05) is 24.5 Å². The van der Waals surface area contributed by atoms with Crippen molar-refractivity contribution in [1.82, 2.24) is 10.3 Å². The van der Waals surface area contributed by atoms with Crippen LogP contribution in [-0.4, -0.2) is 30.5 Å². The van der Waals surface area contributed by atoms with Gasteiger partial charge in [0, 0.05) is 31.4 Å². The van der Waals surface area contributed by atoms with Gasteiger partial charge in [-0.25, -0.2) is 4.98 Å². The molecule has 5 nitrogen and oxygen atoms in total. The highest BCUT2D eigenvalue weighted by atomic mass is 16.1. The molecule has 2 aromatic rings. The Morgan fingerprint density at radius 1 is 1.21 bits per heavy atom. The number of aromatic nitrogens is 1. The predicted octanol–water partition coefficient (Wildman–Crippen LogP) is 2.60. The SMILES string of the molecule is N#Cc1ccc(C(=O)NCC2CCN(c3ccccn3)CC2)cc1. The number of carbonyl (C=O) groups excluding carboxylic acids is 1. The van der Waals surface area contributed by atoms with Crippen LogP contribution >= 0.6 is 0 Å². The zero-order valence-corrected chi connectivity index (χ0v) is 13.5. The van der Waals surface area contributed by atoms with Crippen molar-refractivity contribution < 1.29 is 4.79 Å². The van der Waals surface area contributed by atoms with Crippen LogP contribution in [0.25, 0.3) is 0 Å². The van der Waals surface area contributed by atoms with Crippen molar-refractivity contribution >= 4 is 11.7 Å². The largest absolute Gasteiger partial charge is 0.357 e. The molecular formula is C19H20N4O. The highest BCUT2D eigenvalue weighted by Crippen LogP contribution is 2.21. The maximum absolute atomic E-state index is 12.2. The quantitative estimate of drug-likeness (QED) is 0.940. The molecule has 0 aliphatic carbocycles. The van der Waals surface area contributed by atoms with E-state index in [1.54, 1.807) is 24.3 Å². The van der Waals surface area contributed by atoms with Crippen LogP contribution in [-0.2, 0) is 0 Å². The molecule has 1 saturated heterocycles. The topological polar surface area (TPSA) is 69.0 Å². The van der Waals surface area contributed by atoms with Crippen LogP contribution in [0.4, 0.5) is 5.82 Å². The Morgan fingerprint density at radius 2 is 1.96 bits per heavy atom. The summed E-state index contributed by atoms with van der Waals surface area (Å²) in [4.78, 5) is 18.8. The van der Waals surface area contributed by atoms with E-state index in [1.807, 2.05) is 24.4 Å². The van der Waals surface area contributed by atoms with E-state index in [-0.39, 0.29) is 5.91 Å². The van der Waals surface area contributed by atoms with Crippen molar-refractivity contribution in [1.29, 1.82) is 5.26 Å². The number of hydrogen-bond donors (Lipinski definition) is 1. The van der Waals surface area contributed by atoms with Gasteiger partial charge in [-0.2, -0.15) is 5.26 Å². The molecule has 1 amide bonds. The van der Waals surface area contributed by atoms with Crippen LogP contribution in [0.3, 0.4) is 0 Å². The number of nitrogens with zero attached hydrogens (tertiary/aromatic N) is 3. The highest BCUT2D eigenvalue weighted by Gasteiger charge is 2.20. The first-order valence-electron chi connectivity index (χ1n) is 8.20. The van der Waals surface area contributed by atoms with Gasteiger partial charge in [0.1, 0.15) is 5.82 Å². The fourth-order valence-corrected chi connectivity index (χ4v) is 2.94. The standard InChI is InChI=1S/C19H20N4O/c20-13-15-4-6-17(7-5-15)19(24)22-14-16-8-11-23(12-9-16)18-3-1-2-10-21-18/h1-7,10,16H,8-9,11-12,14H2,(H,22,24). The van der Waals surface area contributed by atoms with Gasteiger partial charge in [0.25, 0.3) is 5.91 Å². The van der Waals surface area contributed by atoms with Crippen molar-refractivity contribution in [2.24, 2.45) is 5.92 Å². The van der Waals surface area contributed by atoms with E-state index < -0.39 is 0 Å². The minimum atomic E-state index is -0.0772. The van der Waals surface area contributed by atoms with Crippen LogP contribution in [0.1, 0.15) is 28.8 Å². The lowest BCUT2D eigenvalue weighted by atomic mass is 9.96. The van der Waals surface area contributed by atoms with Gasteiger partial charge in [-0.1, -0.05) is 6.07 Å². The lowest BCUT2D eigenvalue weighted by Gasteiger charge is -2.32. The normalized spacial score (nSPS) is 14.9. The van der Waals surface area contributed by atoms with E-state index in [0.717, 1.165) is 31.7 Å². The fourth-order valence-electron chi connectivity index (χ4n) is 2.94. The number of carbonyl (C=O) groups is 1. The van der Waals surface area contributed by atoms with Crippen LogP contribution in [0.2, 0.25) is 0 Å². The van der Waals surface area contributed by atoms with Crippen LogP contribution in [0.15, 0.2) is 48.7 Å². The zero-order chi connectivity index (χ0) is 16.8. The first-order chi connectivity index (χ1) is 11.8. The molecule has 0 atom stereocenters. The summed E-state index contributed by atoms with van der Waals surface area (Å²) in [6.07, 6.45) is 3.91. The third-order valence-corrected chi connectivity index (χ3v) is 4.42. The molecule has 1 aromatic heterocycles. The van der Waals surface area contributed by atoms with E-state index in [4.69, 9.17) is 5.26 Å². The molecule has 1 fully saturated rings. The summed E-state index contributed by atoms with van der Waals surface area (Å²) in [6.45, 7) is 2.62. The minimum absolute atomic E-state index is 0.0772. The molecule has 0 radical (unpaired) electrons. The molecule has 0 unspecified atom stereocenters. The van der Waals surface area contributed by atoms with Crippen molar-refractivity contribution in [3.63, 3.8) is 0 Å². The molecule has 122 valence electrons. The summed E-state index contributed by atoms with van der Waals surface area (Å²) >= 11 is 0. The number of pyridine rings is 1. The third-order valence-electron chi connectivity index (χ3n) is 4.42. The Kier molecular flexibility index (Phi) is 5.07. The molecule has 1 aliphatic rings. The van der Waals surface area contributed by atoms with Gasteiger partial charge in [0.15, 0.2) is 0 Å². The van der Waals surface area contributed by atoms with E-state index in [1.165, 1.54) is 0 Å². The van der Waals surface area contributed by atoms with Crippen molar-refractivity contribution in [3.05, 3.63) is 59.8 Å². The zero-order valence-electron chi connectivity index (χ0n) is 13.5. The molecule has 5 heteroatoms. The Hall–Kier alpha value is -2.87. The van der Waals surface area contributed by atoms with Crippen LogP contribution in [0, 0.1) is 17.2 Å². The fraction of sp³-hybridized carbons (Fsp3) is 0.316. The molecule has 0 bridgehead atoms. The number of anilines is 1. The van der Waals surface area contributed by atoms with Gasteiger partial charge >= 0.3 is 0 Å². The molecule has 1 N–H and O–H groups in total. The molecule has 24 heavy (non-hydrogen) atoms. The summed E-state index contributed by atoms with van der Waals surface area (Å²) in [5.74, 6) is 1.44. The number of rotatable bonds is 4. The maximum Gasteiger partial charge on any atom is 0.251 e. The number of hydrogen-bond acceptors (Lipinski definition) is 4.